The largest absolute Gasteiger partial charge is 0.241 e. The van der Waals surface area contributed by atoms with Crippen LogP contribution in [0.2, 0.25) is 0 Å². The fourth-order valence-corrected chi connectivity index (χ4v) is 3.90. The molecule has 0 radical (unpaired) electrons. The molecule has 0 aliphatic carbocycles. The zero-order chi connectivity index (χ0) is 18.8. The second-order valence-electron chi connectivity index (χ2n) is 7.94. The van der Waals surface area contributed by atoms with E-state index in [1.807, 2.05) is 31.2 Å². The topological polar surface area (TPSA) is 46.2 Å². The summed E-state index contributed by atoms with van der Waals surface area (Å²) in [5.41, 5.74) is 3.40. The number of hydrogen-bond acceptors (Lipinski definition) is 2. The van der Waals surface area contributed by atoms with E-state index in [2.05, 4.69) is 51.5 Å². The van der Waals surface area contributed by atoms with Crippen molar-refractivity contribution in [2.24, 2.45) is 0 Å². The Morgan fingerprint density at radius 3 is 1.72 bits per heavy atom. The second-order valence-corrected chi connectivity index (χ2v) is 9.65. The standard InChI is InChI=1S/C21H29NO2S/c1-15(2)17-9-13-20(14-10-17)25(23,24)22-16(3)18-7-11-19(12-8-18)21(4,5)6/h7-16,22H,1-6H3. The number of sulfonamides is 1. The molecule has 0 saturated heterocycles. The molecule has 2 aromatic carbocycles. The number of benzene rings is 2. The Morgan fingerprint density at radius 2 is 1.28 bits per heavy atom. The van der Waals surface area contributed by atoms with E-state index in [9.17, 15) is 8.42 Å². The molecule has 0 aromatic heterocycles. The summed E-state index contributed by atoms with van der Waals surface area (Å²) < 4.78 is 28.0. The van der Waals surface area contributed by atoms with Crippen LogP contribution in [-0.2, 0) is 15.4 Å². The van der Waals surface area contributed by atoms with Gasteiger partial charge in [-0.05, 0) is 47.1 Å². The lowest BCUT2D eigenvalue weighted by Crippen LogP contribution is -2.27. The van der Waals surface area contributed by atoms with Gasteiger partial charge in [-0.3, -0.25) is 0 Å². The van der Waals surface area contributed by atoms with E-state index in [4.69, 9.17) is 0 Å². The summed E-state index contributed by atoms with van der Waals surface area (Å²) in [6, 6.07) is 14.9. The molecule has 0 aliphatic heterocycles. The van der Waals surface area contributed by atoms with Crippen molar-refractivity contribution in [1.82, 2.24) is 4.72 Å². The van der Waals surface area contributed by atoms with Gasteiger partial charge in [-0.15, -0.1) is 0 Å². The average molecular weight is 360 g/mol. The van der Waals surface area contributed by atoms with Gasteiger partial charge in [-0.25, -0.2) is 13.1 Å². The van der Waals surface area contributed by atoms with Crippen LogP contribution in [0, 0.1) is 0 Å². The molecule has 1 atom stereocenters. The number of hydrogen-bond donors (Lipinski definition) is 1. The fraction of sp³-hybridized carbons (Fsp3) is 0.429. The summed E-state index contributed by atoms with van der Waals surface area (Å²) in [6.07, 6.45) is 0. The van der Waals surface area contributed by atoms with E-state index in [-0.39, 0.29) is 11.5 Å². The Labute approximate surface area is 152 Å². The first kappa shape index (κ1) is 19.7. The molecule has 3 nitrogen and oxygen atoms in total. The molecule has 0 fully saturated rings. The minimum atomic E-state index is -3.54. The van der Waals surface area contributed by atoms with Crippen molar-refractivity contribution in [2.75, 3.05) is 0 Å². The van der Waals surface area contributed by atoms with Crippen LogP contribution in [0.4, 0.5) is 0 Å². The van der Waals surface area contributed by atoms with E-state index >= 15 is 0 Å². The van der Waals surface area contributed by atoms with E-state index < -0.39 is 10.0 Å². The highest BCUT2D eigenvalue weighted by Crippen LogP contribution is 2.25. The zero-order valence-corrected chi connectivity index (χ0v) is 16.8. The lowest BCUT2D eigenvalue weighted by Gasteiger charge is -2.21. The molecule has 25 heavy (non-hydrogen) atoms. The Kier molecular flexibility index (Phi) is 5.75. The molecule has 0 heterocycles. The molecule has 4 heteroatoms. The highest BCUT2D eigenvalue weighted by Gasteiger charge is 2.19. The van der Waals surface area contributed by atoms with Crippen molar-refractivity contribution in [2.45, 2.75) is 63.8 Å². The van der Waals surface area contributed by atoms with Crippen molar-refractivity contribution < 1.29 is 8.42 Å². The summed E-state index contributed by atoms with van der Waals surface area (Å²) in [5.74, 6) is 0.380. The van der Waals surface area contributed by atoms with Gasteiger partial charge < -0.3 is 0 Å². The first-order valence-electron chi connectivity index (χ1n) is 8.73. The number of nitrogens with one attached hydrogen (secondary N) is 1. The van der Waals surface area contributed by atoms with Gasteiger partial charge in [0.25, 0.3) is 0 Å². The maximum Gasteiger partial charge on any atom is 0.241 e. The van der Waals surface area contributed by atoms with Crippen molar-refractivity contribution >= 4 is 10.0 Å². The Morgan fingerprint density at radius 1 is 0.800 bits per heavy atom. The first-order chi connectivity index (χ1) is 11.5. The molecule has 136 valence electrons. The second kappa shape index (κ2) is 7.30. The number of rotatable bonds is 5. The predicted octanol–water partition coefficient (Wildman–Crippen LogP) is 5.15. The molecule has 0 aliphatic rings. The van der Waals surface area contributed by atoms with Crippen LogP contribution in [0.3, 0.4) is 0 Å². The quantitative estimate of drug-likeness (QED) is 0.803. The van der Waals surface area contributed by atoms with Gasteiger partial charge in [0.1, 0.15) is 0 Å². The molecular weight excluding hydrogens is 330 g/mol. The molecule has 0 amide bonds. The molecule has 0 spiro atoms. The summed E-state index contributed by atoms with van der Waals surface area (Å²) in [6.45, 7) is 12.5. The lowest BCUT2D eigenvalue weighted by atomic mass is 9.86. The minimum absolute atomic E-state index is 0.0828. The monoisotopic (exact) mass is 359 g/mol. The zero-order valence-electron chi connectivity index (χ0n) is 16.0. The highest BCUT2D eigenvalue weighted by molar-refractivity contribution is 7.89. The van der Waals surface area contributed by atoms with E-state index in [1.54, 1.807) is 12.1 Å². The van der Waals surface area contributed by atoms with Gasteiger partial charge in [0.15, 0.2) is 0 Å². The van der Waals surface area contributed by atoms with Gasteiger partial charge in [0.05, 0.1) is 4.90 Å². The SMILES string of the molecule is CC(C)c1ccc(S(=O)(=O)NC(C)c2ccc(C(C)(C)C)cc2)cc1. The van der Waals surface area contributed by atoms with Crippen LogP contribution in [0.25, 0.3) is 0 Å². The van der Waals surface area contributed by atoms with Crippen molar-refractivity contribution in [3.8, 4) is 0 Å². The van der Waals surface area contributed by atoms with Gasteiger partial charge in [-0.1, -0.05) is 71.0 Å². The molecule has 2 aromatic rings. The summed E-state index contributed by atoms with van der Waals surface area (Å²) in [4.78, 5) is 0.301. The van der Waals surface area contributed by atoms with Crippen molar-refractivity contribution in [1.29, 1.82) is 0 Å². The third kappa shape index (κ3) is 4.93. The normalized spacial score (nSPS) is 13.9. The third-order valence-corrected chi connectivity index (χ3v) is 6.02. The Bertz CT molecular complexity index is 798. The van der Waals surface area contributed by atoms with Crippen LogP contribution in [0.1, 0.15) is 70.2 Å². The Hall–Kier alpha value is -1.65. The van der Waals surface area contributed by atoms with Crippen molar-refractivity contribution in [3.05, 3.63) is 65.2 Å². The Balaban J connectivity index is 2.16. The predicted molar refractivity (Wildman–Crippen MR) is 104 cm³/mol. The highest BCUT2D eigenvalue weighted by atomic mass is 32.2. The molecule has 2 rings (SSSR count). The maximum absolute atomic E-state index is 12.6. The minimum Gasteiger partial charge on any atom is -0.207 e. The van der Waals surface area contributed by atoms with Crippen LogP contribution in [0.15, 0.2) is 53.4 Å². The lowest BCUT2D eigenvalue weighted by molar-refractivity contribution is 0.565. The average Bonchev–Trinajstić information content (AvgIpc) is 2.54. The fourth-order valence-electron chi connectivity index (χ4n) is 2.67. The van der Waals surface area contributed by atoms with Gasteiger partial charge >= 0.3 is 0 Å². The molecule has 0 bridgehead atoms. The van der Waals surface area contributed by atoms with E-state index in [0.717, 1.165) is 11.1 Å². The maximum atomic E-state index is 12.6. The third-order valence-electron chi connectivity index (χ3n) is 4.47. The van der Waals surface area contributed by atoms with E-state index in [0.29, 0.717) is 10.8 Å². The van der Waals surface area contributed by atoms with Crippen molar-refractivity contribution in [3.63, 3.8) is 0 Å². The molecule has 0 saturated carbocycles. The molecule has 1 N–H and O–H groups in total. The van der Waals surface area contributed by atoms with Gasteiger partial charge in [-0.2, -0.15) is 0 Å². The van der Waals surface area contributed by atoms with Crippen LogP contribution < -0.4 is 4.72 Å². The van der Waals surface area contributed by atoms with Crippen LogP contribution in [0.5, 0.6) is 0 Å². The molecular formula is C21H29NO2S. The summed E-state index contributed by atoms with van der Waals surface area (Å²) in [7, 11) is -3.54. The van der Waals surface area contributed by atoms with Gasteiger partial charge in [0.2, 0.25) is 10.0 Å². The van der Waals surface area contributed by atoms with Gasteiger partial charge in [0, 0.05) is 6.04 Å². The smallest absolute Gasteiger partial charge is 0.207 e. The summed E-state index contributed by atoms with van der Waals surface area (Å²) >= 11 is 0. The van der Waals surface area contributed by atoms with Crippen LogP contribution in [-0.4, -0.2) is 8.42 Å². The first-order valence-corrected chi connectivity index (χ1v) is 10.2. The van der Waals surface area contributed by atoms with Crippen LogP contribution >= 0.6 is 0 Å². The summed E-state index contributed by atoms with van der Waals surface area (Å²) in [5, 5.41) is 0. The van der Waals surface area contributed by atoms with E-state index in [1.165, 1.54) is 5.56 Å². The molecule has 1 unspecified atom stereocenters.